The number of benzene rings is 1. The van der Waals surface area contributed by atoms with Crippen molar-refractivity contribution in [2.45, 2.75) is 6.10 Å². The fraction of sp³-hybridized carbons (Fsp3) is 0.133. The highest BCUT2D eigenvalue weighted by Gasteiger charge is 2.29. The molecule has 1 atom stereocenters. The van der Waals surface area contributed by atoms with Gasteiger partial charge in [-0.1, -0.05) is 29.3 Å². The fourth-order valence-corrected chi connectivity index (χ4v) is 2.30. The van der Waals surface area contributed by atoms with Gasteiger partial charge in [0.2, 0.25) is 6.10 Å². The predicted octanol–water partition coefficient (Wildman–Crippen LogP) is 2.75. The maximum atomic E-state index is 12.1. The Balaban J connectivity index is 2.34. The Labute approximate surface area is 140 Å². The van der Waals surface area contributed by atoms with E-state index in [-0.39, 0.29) is 21.7 Å². The van der Waals surface area contributed by atoms with Crippen LogP contribution in [0, 0.1) is 0 Å². The van der Waals surface area contributed by atoms with Crippen LogP contribution in [0.15, 0.2) is 41.3 Å². The Morgan fingerprint density at radius 2 is 1.91 bits per heavy atom. The number of rotatable bonds is 4. The topological polar surface area (TPSA) is 85.5 Å². The minimum Gasteiger partial charge on any atom is -0.466 e. The highest BCUT2D eigenvalue weighted by molar-refractivity contribution is 6.35. The lowest BCUT2D eigenvalue weighted by molar-refractivity contribution is -0.151. The number of hydrogen-bond acceptors (Lipinski definition) is 5. The number of hydrogen-bond donors (Lipinski definition) is 1. The van der Waals surface area contributed by atoms with E-state index in [4.69, 9.17) is 27.9 Å². The van der Waals surface area contributed by atoms with Gasteiger partial charge in [-0.25, -0.2) is 9.59 Å². The minimum atomic E-state index is -1.39. The van der Waals surface area contributed by atoms with Gasteiger partial charge in [-0.15, -0.1) is 0 Å². The van der Waals surface area contributed by atoms with Gasteiger partial charge in [-0.2, -0.15) is 0 Å². The van der Waals surface area contributed by atoms with E-state index in [1.807, 2.05) is 0 Å². The first-order chi connectivity index (χ1) is 10.9. The van der Waals surface area contributed by atoms with Crippen molar-refractivity contribution < 1.29 is 19.1 Å². The number of ether oxygens (including phenoxy) is 2. The average molecular weight is 356 g/mol. The lowest BCUT2D eigenvalue weighted by atomic mass is 10.1. The van der Waals surface area contributed by atoms with Crippen LogP contribution in [0.25, 0.3) is 0 Å². The molecule has 1 aromatic carbocycles. The van der Waals surface area contributed by atoms with E-state index in [1.165, 1.54) is 30.5 Å². The molecule has 0 amide bonds. The molecule has 0 aliphatic carbocycles. The quantitative estimate of drug-likeness (QED) is 0.852. The smallest absolute Gasteiger partial charge is 0.356 e. The summed E-state index contributed by atoms with van der Waals surface area (Å²) in [7, 11) is 1.15. The van der Waals surface area contributed by atoms with Gasteiger partial charge >= 0.3 is 11.9 Å². The molecule has 1 unspecified atom stereocenters. The van der Waals surface area contributed by atoms with Gasteiger partial charge in [0.25, 0.3) is 0 Å². The number of pyridine rings is 1. The van der Waals surface area contributed by atoms with E-state index < -0.39 is 18.0 Å². The molecule has 1 N–H and O–H groups in total. The first-order valence-corrected chi connectivity index (χ1v) is 7.10. The molecule has 6 nitrogen and oxygen atoms in total. The Kier molecular flexibility index (Phi) is 5.41. The molecule has 0 saturated heterocycles. The van der Waals surface area contributed by atoms with Crippen molar-refractivity contribution in [3.63, 3.8) is 0 Å². The van der Waals surface area contributed by atoms with Crippen molar-refractivity contribution in [2.75, 3.05) is 7.11 Å². The van der Waals surface area contributed by atoms with Crippen LogP contribution in [0.4, 0.5) is 0 Å². The normalized spacial score (nSPS) is 11.6. The number of nitrogens with one attached hydrogen (secondary N) is 1. The Morgan fingerprint density at radius 1 is 1.17 bits per heavy atom. The zero-order valence-corrected chi connectivity index (χ0v) is 13.4. The van der Waals surface area contributed by atoms with E-state index in [9.17, 15) is 14.4 Å². The number of esters is 2. The number of halogens is 2. The summed E-state index contributed by atoms with van der Waals surface area (Å²) >= 11 is 11.8. The Hall–Kier alpha value is -2.31. The molecule has 8 heteroatoms. The van der Waals surface area contributed by atoms with Crippen molar-refractivity contribution in [1.82, 2.24) is 4.98 Å². The van der Waals surface area contributed by atoms with E-state index in [0.717, 1.165) is 13.2 Å². The molecule has 0 aliphatic rings. The molecule has 2 aromatic rings. The lowest BCUT2D eigenvalue weighted by Gasteiger charge is -2.17. The molecule has 1 aromatic heterocycles. The second kappa shape index (κ2) is 7.30. The SMILES string of the molecule is COC(=O)C(OC(=O)c1cc(=O)cc[nH]1)c1ccc(Cl)cc1Cl. The van der Waals surface area contributed by atoms with Crippen molar-refractivity contribution in [1.29, 1.82) is 0 Å². The molecule has 0 radical (unpaired) electrons. The standard InChI is InChI=1S/C15H11Cl2NO5/c1-22-15(21)13(10-3-2-8(16)6-11(10)17)23-14(20)12-7-9(19)4-5-18-12/h2-7,13H,1H3,(H,18,19). The molecule has 0 saturated carbocycles. The number of H-pyrrole nitrogens is 1. The fourth-order valence-electron chi connectivity index (χ4n) is 1.79. The highest BCUT2D eigenvalue weighted by Crippen LogP contribution is 2.29. The van der Waals surface area contributed by atoms with E-state index in [1.54, 1.807) is 0 Å². The van der Waals surface area contributed by atoms with Gasteiger partial charge in [0, 0.05) is 33.9 Å². The van der Waals surface area contributed by atoms with Crippen LogP contribution in [0.5, 0.6) is 0 Å². The monoisotopic (exact) mass is 355 g/mol. The molecule has 1 heterocycles. The molecular weight excluding hydrogens is 345 g/mol. The summed E-state index contributed by atoms with van der Waals surface area (Å²) in [4.78, 5) is 37.9. The molecule has 0 aliphatic heterocycles. The van der Waals surface area contributed by atoms with Gasteiger partial charge < -0.3 is 14.5 Å². The summed E-state index contributed by atoms with van der Waals surface area (Å²) in [6.45, 7) is 0. The number of carbonyl (C=O) groups excluding carboxylic acids is 2. The molecule has 120 valence electrons. The number of aromatic amines is 1. The third-order valence-corrected chi connectivity index (χ3v) is 3.44. The maximum absolute atomic E-state index is 12.1. The van der Waals surface area contributed by atoms with Crippen LogP contribution in [-0.2, 0) is 14.3 Å². The lowest BCUT2D eigenvalue weighted by Crippen LogP contribution is -2.22. The Morgan fingerprint density at radius 3 is 2.52 bits per heavy atom. The Bertz CT molecular complexity index is 802. The molecular formula is C15H11Cl2NO5. The number of aromatic nitrogens is 1. The number of methoxy groups -OCH3 is 1. The van der Waals surface area contributed by atoms with E-state index in [2.05, 4.69) is 9.72 Å². The zero-order valence-electron chi connectivity index (χ0n) is 11.8. The van der Waals surface area contributed by atoms with Crippen LogP contribution in [-0.4, -0.2) is 24.0 Å². The third-order valence-electron chi connectivity index (χ3n) is 2.88. The first kappa shape index (κ1) is 17.1. The van der Waals surface area contributed by atoms with Crippen molar-refractivity contribution in [3.8, 4) is 0 Å². The van der Waals surface area contributed by atoms with E-state index in [0.29, 0.717) is 5.02 Å². The van der Waals surface area contributed by atoms with Gasteiger partial charge in [0.1, 0.15) is 5.69 Å². The van der Waals surface area contributed by atoms with Gasteiger partial charge in [-0.05, 0) is 12.1 Å². The summed E-state index contributed by atoms with van der Waals surface area (Å²) in [5.41, 5.74) is -0.263. The summed E-state index contributed by atoms with van der Waals surface area (Å²) in [5, 5.41) is 0.503. The molecule has 2 rings (SSSR count). The predicted molar refractivity (Wildman–Crippen MR) is 83.7 cm³/mol. The zero-order chi connectivity index (χ0) is 17.0. The van der Waals surface area contributed by atoms with Crippen LogP contribution in [0.3, 0.4) is 0 Å². The van der Waals surface area contributed by atoms with Gasteiger partial charge in [-0.3, -0.25) is 4.79 Å². The summed E-state index contributed by atoms with van der Waals surface area (Å²) in [5.74, 6) is -1.72. The summed E-state index contributed by atoms with van der Waals surface area (Å²) in [6.07, 6.45) is -0.0950. The van der Waals surface area contributed by atoms with Crippen LogP contribution in [0.1, 0.15) is 22.2 Å². The van der Waals surface area contributed by atoms with Gasteiger partial charge in [0.15, 0.2) is 5.43 Å². The molecule has 0 fully saturated rings. The van der Waals surface area contributed by atoms with E-state index >= 15 is 0 Å². The highest BCUT2D eigenvalue weighted by atomic mass is 35.5. The van der Waals surface area contributed by atoms with Crippen LogP contribution < -0.4 is 5.43 Å². The molecule has 0 spiro atoms. The average Bonchev–Trinajstić information content (AvgIpc) is 2.52. The third kappa shape index (κ3) is 4.12. The summed E-state index contributed by atoms with van der Waals surface area (Å²) < 4.78 is 9.77. The first-order valence-electron chi connectivity index (χ1n) is 6.35. The molecule has 0 bridgehead atoms. The van der Waals surface area contributed by atoms with Gasteiger partial charge in [0.05, 0.1) is 7.11 Å². The maximum Gasteiger partial charge on any atom is 0.356 e. The van der Waals surface area contributed by atoms with Crippen molar-refractivity contribution >= 4 is 35.1 Å². The second-order valence-corrected chi connectivity index (χ2v) is 5.26. The molecule has 23 heavy (non-hydrogen) atoms. The second-order valence-electron chi connectivity index (χ2n) is 4.41. The van der Waals surface area contributed by atoms with Crippen molar-refractivity contribution in [2.24, 2.45) is 0 Å². The minimum absolute atomic E-state index is 0.100. The largest absolute Gasteiger partial charge is 0.466 e. The van der Waals surface area contributed by atoms with Crippen LogP contribution >= 0.6 is 23.2 Å². The summed E-state index contributed by atoms with van der Waals surface area (Å²) in [6, 6.07) is 6.65. The number of carbonyl (C=O) groups is 2. The van der Waals surface area contributed by atoms with Crippen molar-refractivity contribution in [3.05, 3.63) is 68.1 Å². The van der Waals surface area contributed by atoms with Crippen LogP contribution in [0.2, 0.25) is 10.0 Å².